The number of carbonyl (C=O) groups excluding carboxylic acids is 1. The third kappa shape index (κ3) is 3.86. The largest absolute Gasteiger partial charge is 0.467 e. The monoisotopic (exact) mass is 419 g/mol. The number of nitrogens with one attached hydrogen (secondary N) is 2. The normalized spacial score (nSPS) is 13.1. The molecule has 0 spiro atoms. The third-order valence-electron chi connectivity index (χ3n) is 5.71. The van der Waals surface area contributed by atoms with Gasteiger partial charge in [0.2, 0.25) is 0 Å². The van der Waals surface area contributed by atoms with Crippen LogP contribution in [0, 0.1) is 24.7 Å². The molecular weight excluding hydrogens is 394 g/mol. The van der Waals surface area contributed by atoms with E-state index in [-0.39, 0.29) is 11.4 Å². The minimum atomic E-state index is -0.116. The minimum absolute atomic E-state index is 0.116. The van der Waals surface area contributed by atoms with Gasteiger partial charge in [-0.2, -0.15) is 0 Å². The Hall–Kier alpha value is -3.75. The first-order valence-corrected chi connectivity index (χ1v) is 10.0. The molecule has 2 N–H and O–H groups in total. The summed E-state index contributed by atoms with van der Waals surface area (Å²) in [7, 11) is 1.74. The zero-order valence-electron chi connectivity index (χ0n) is 17.8. The lowest BCUT2D eigenvalue weighted by Crippen LogP contribution is -2.36. The summed E-state index contributed by atoms with van der Waals surface area (Å²) < 4.78 is 6.61. The molecule has 1 aliphatic heterocycles. The molecule has 0 saturated carbocycles. The number of fused-ring (bicyclic) bond motifs is 1. The predicted octanol–water partition coefficient (Wildman–Crippen LogP) is 2.26. The number of carbonyl (C=O) groups is 1. The second-order valence-electron chi connectivity index (χ2n) is 7.74. The fraction of sp³-hybridized carbons (Fsp3) is 0.318. The number of hydrogen-bond acceptors (Lipinski definition) is 7. The first-order valence-electron chi connectivity index (χ1n) is 10.0. The predicted molar refractivity (Wildman–Crippen MR) is 115 cm³/mol. The highest BCUT2D eigenvalue weighted by Gasteiger charge is 2.23. The van der Waals surface area contributed by atoms with Gasteiger partial charge in [-0.1, -0.05) is 0 Å². The molecule has 0 saturated heterocycles. The van der Waals surface area contributed by atoms with Crippen molar-refractivity contribution in [2.45, 2.75) is 33.4 Å². The van der Waals surface area contributed by atoms with E-state index in [9.17, 15) is 4.79 Å². The Balaban J connectivity index is 1.60. The second-order valence-corrected chi connectivity index (χ2v) is 7.74. The van der Waals surface area contributed by atoms with Gasteiger partial charge >= 0.3 is 0 Å². The Labute approximate surface area is 180 Å². The van der Waals surface area contributed by atoms with Crippen LogP contribution < -0.4 is 10.4 Å². The lowest BCUT2D eigenvalue weighted by atomic mass is 10.0. The molecule has 0 aromatic carbocycles. The Bertz CT molecular complexity index is 1200. The van der Waals surface area contributed by atoms with Crippen molar-refractivity contribution in [2.24, 2.45) is 0 Å². The van der Waals surface area contributed by atoms with Crippen molar-refractivity contribution in [1.29, 1.82) is 10.8 Å². The fourth-order valence-corrected chi connectivity index (χ4v) is 3.79. The zero-order chi connectivity index (χ0) is 22.1. The first kappa shape index (κ1) is 20.5. The molecule has 31 heavy (non-hydrogen) atoms. The van der Waals surface area contributed by atoms with Crippen LogP contribution in [0.15, 0.2) is 35.1 Å². The molecule has 0 unspecified atom stereocenters. The minimum Gasteiger partial charge on any atom is -0.467 e. The molecule has 9 nitrogen and oxygen atoms in total. The summed E-state index contributed by atoms with van der Waals surface area (Å²) in [6.45, 7) is 5.50. The molecule has 4 rings (SSSR count). The summed E-state index contributed by atoms with van der Waals surface area (Å²) in [6, 6.07) is 5.55. The van der Waals surface area contributed by atoms with E-state index < -0.39 is 0 Å². The Morgan fingerprint density at radius 3 is 2.87 bits per heavy atom. The summed E-state index contributed by atoms with van der Waals surface area (Å²) in [6.07, 6.45) is 5.01. The van der Waals surface area contributed by atoms with Crippen molar-refractivity contribution in [3.63, 3.8) is 0 Å². The molecule has 9 heteroatoms. The van der Waals surface area contributed by atoms with Gasteiger partial charge in [-0.25, -0.2) is 4.68 Å². The van der Waals surface area contributed by atoms with Crippen LogP contribution in [0.3, 0.4) is 0 Å². The SMILES string of the molecule is Cc1c(N2CCc3ncc(C(=O)N(C)Cc4ccco4)cc3C2)nn(C=N)c(=N)c1C. The van der Waals surface area contributed by atoms with Crippen LogP contribution in [-0.4, -0.2) is 45.5 Å². The van der Waals surface area contributed by atoms with Gasteiger partial charge in [0, 0.05) is 44.0 Å². The summed E-state index contributed by atoms with van der Waals surface area (Å²) in [5.74, 6) is 1.35. The van der Waals surface area contributed by atoms with Crippen molar-refractivity contribution in [1.82, 2.24) is 19.7 Å². The summed E-state index contributed by atoms with van der Waals surface area (Å²) in [4.78, 5) is 21.2. The van der Waals surface area contributed by atoms with Crippen LogP contribution in [0.1, 0.15) is 38.5 Å². The number of pyridine rings is 1. The molecule has 1 amide bonds. The van der Waals surface area contributed by atoms with Crippen LogP contribution >= 0.6 is 0 Å². The lowest BCUT2D eigenvalue weighted by molar-refractivity contribution is 0.0775. The van der Waals surface area contributed by atoms with Crippen LogP contribution in [-0.2, 0) is 19.5 Å². The van der Waals surface area contributed by atoms with E-state index in [4.69, 9.17) is 15.2 Å². The number of aromatic nitrogens is 3. The number of rotatable bonds is 5. The molecule has 0 aliphatic carbocycles. The molecule has 3 aromatic heterocycles. The molecule has 0 radical (unpaired) electrons. The van der Waals surface area contributed by atoms with Crippen LogP contribution in [0.25, 0.3) is 0 Å². The van der Waals surface area contributed by atoms with Crippen molar-refractivity contribution >= 4 is 18.1 Å². The quantitative estimate of drug-likeness (QED) is 0.486. The second kappa shape index (κ2) is 8.17. The third-order valence-corrected chi connectivity index (χ3v) is 5.71. The molecule has 0 atom stereocenters. The standard InChI is InChI=1S/C22H25N7O2/c1-14-15(2)21(26-29(13-23)20(14)24)28-7-6-19-17(11-28)9-16(10-25-19)22(30)27(3)12-18-5-4-8-31-18/h4-5,8-10,13,23-24H,6-7,11-12H2,1-3H3. The zero-order valence-corrected chi connectivity index (χ0v) is 17.8. The average Bonchev–Trinajstić information content (AvgIpc) is 3.29. The molecule has 0 fully saturated rings. The van der Waals surface area contributed by atoms with E-state index in [1.54, 1.807) is 30.5 Å². The maximum Gasteiger partial charge on any atom is 0.255 e. The molecular formula is C22H25N7O2. The van der Waals surface area contributed by atoms with Gasteiger partial charge in [-0.3, -0.25) is 20.6 Å². The van der Waals surface area contributed by atoms with Crippen molar-refractivity contribution < 1.29 is 9.21 Å². The number of anilines is 1. The van der Waals surface area contributed by atoms with Gasteiger partial charge in [-0.05, 0) is 43.2 Å². The van der Waals surface area contributed by atoms with Crippen LogP contribution in [0.2, 0.25) is 0 Å². The highest BCUT2D eigenvalue weighted by molar-refractivity contribution is 5.94. The Kier molecular flexibility index (Phi) is 5.41. The first-order chi connectivity index (χ1) is 14.9. The van der Waals surface area contributed by atoms with Crippen molar-refractivity contribution in [3.05, 3.63) is 69.9 Å². The highest BCUT2D eigenvalue weighted by Crippen LogP contribution is 2.25. The van der Waals surface area contributed by atoms with Crippen molar-refractivity contribution in [2.75, 3.05) is 18.5 Å². The number of hydrogen-bond donors (Lipinski definition) is 2. The average molecular weight is 419 g/mol. The van der Waals surface area contributed by atoms with E-state index >= 15 is 0 Å². The van der Waals surface area contributed by atoms with Gasteiger partial charge in [0.15, 0.2) is 11.3 Å². The van der Waals surface area contributed by atoms with Gasteiger partial charge < -0.3 is 14.2 Å². The maximum absolute atomic E-state index is 12.9. The van der Waals surface area contributed by atoms with E-state index in [0.717, 1.165) is 53.3 Å². The van der Waals surface area contributed by atoms with E-state index in [1.165, 1.54) is 4.68 Å². The van der Waals surface area contributed by atoms with Gasteiger partial charge in [0.05, 0.1) is 18.4 Å². The topological polar surface area (TPSA) is 115 Å². The van der Waals surface area contributed by atoms with Gasteiger partial charge in [0.1, 0.15) is 12.1 Å². The van der Waals surface area contributed by atoms with E-state index in [0.29, 0.717) is 18.7 Å². The van der Waals surface area contributed by atoms with E-state index in [1.807, 2.05) is 26.0 Å². The van der Waals surface area contributed by atoms with Crippen LogP contribution in [0.4, 0.5) is 5.82 Å². The van der Waals surface area contributed by atoms with E-state index in [2.05, 4.69) is 15.0 Å². The lowest BCUT2D eigenvalue weighted by Gasteiger charge is -2.31. The highest BCUT2D eigenvalue weighted by atomic mass is 16.3. The van der Waals surface area contributed by atoms with Gasteiger partial charge in [0.25, 0.3) is 5.91 Å². The molecule has 160 valence electrons. The smallest absolute Gasteiger partial charge is 0.255 e. The van der Waals surface area contributed by atoms with Gasteiger partial charge in [-0.15, -0.1) is 5.10 Å². The summed E-state index contributed by atoms with van der Waals surface area (Å²) in [5, 5.41) is 20.1. The summed E-state index contributed by atoms with van der Waals surface area (Å²) >= 11 is 0. The maximum atomic E-state index is 12.9. The Morgan fingerprint density at radius 1 is 1.35 bits per heavy atom. The molecule has 3 aromatic rings. The Morgan fingerprint density at radius 2 is 2.16 bits per heavy atom. The van der Waals surface area contributed by atoms with Crippen LogP contribution in [0.5, 0.6) is 0 Å². The molecule has 0 bridgehead atoms. The molecule has 1 aliphatic rings. The number of nitrogens with zero attached hydrogens (tertiary/aromatic N) is 5. The fourth-order valence-electron chi connectivity index (χ4n) is 3.79. The number of amides is 1. The van der Waals surface area contributed by atoms with Crippen molar-refractivity contribution in [3.8, 4) is 0 Å². The molecule has 4 heterocycles. The summed E-state index contributed by atoms with van der Waals surface area (Å²) in [5.41, 5.74) is 4.42. The number of furan rings is 1.